The number of rotatable bonds is 4. The maximum atomic E-state index is 12.1. The van der Waals surface area contributed by atoms with Gasteiger partial charge in [-0.25, -0.2) is 0 Å². The van der Waals surface area contributed by atoms with Crippen molar-refractivity contribution >= 4 is 15.9 Å². The minimum atomic E-state index is -3.42. The van der Waals surface area contributed by atoms with Gasteiger partial charge in [0.2, 0.25) is 0 Å². The standard InChI is InChI=1S/C12H19N3O2S/c1-2-11-4-3-5-12(10-11)14-18(16,17)15-8-6-13-7-9-15/h3-5,10,13-14H,2,6-9H2,1H3. The Morgan fingerprint density at radius 3 is 2.72 bits per heavy atom. The van der Waals surface area contributed by atoms with Crippen molar-refractivity contribution in [3.05, 3.63) is 29.8 Å². The van der Waals surface area contributed by atoms with E-state index in [2.05, 4.69) is 10.0 Å². The molecule has 6 heteroatoms. The second-order valence-electron chi connectivity index (χ2n) is 4.31. The highest BCUT2D eigenvalue weighted by atomic mass is 32.2. The lowest BCUT2D eigenvalue weighted by atomic mass is 10.1. The molecule has 1 aliphatic rings. The van der Waals surface area contributed by atoms with E-state index in [4.69, 9.17) is 0 Å². The van der Waals surface area contributed by atoms with Crippen LogP contribution in [-0.4, -0.2) is 38.9 Å². The molecule has 18 heavy (non-hydrogen) atoms. The van der Waals surface area contributed by atoms with Crippen LogP contribution in [-0.2, 0) is 16.6 Å². The summed E-state index contributed by atoms with van der Waals surface area (Å²) < 4.78 is 28.4. The highest BCUT2D eigenvalue weighted by Crippen LogP contribution is 2.14. The normalized spacial score (nSPS) is 17.6. The lowest BCUT2D eigenvalue weighted by molar-refractivity contribution is 0.362. The fraction of sp³-hybridized carbons (Fsp3) is 0.500. The number of hydrogen-bond donors (Lipinski definition) is 2. The third-order valence-electron chi connectivity index (χ3n) is 3.00. The van der Waals surface area contributed by atoms with Gasteiger partial charge >= 0.3 is 10.2 Å². The van der Waals surface area contributed by atoms with Gasteiger partial charge in [0, 0.05) is 26.2 Å². The number of nitrogens with one attached hydrogen (secondary N) is 2. The number of hydrogen-bond acceptors (Lipinski definition) is 3. The summed E-state index contributed by atoms with van der Waals surface area (Å²) in [5.74, 6) is 0. The average Bonchev–Trinajstić information content (AvgIpc) is 2.39. The van der Waals surface area contributed by atoms with Gasteiger partial charge in [-0.15, -0.1) is 0 Å². The van der Waals surface area contributed by atoms with Crippen molar-refractivity contribution in [1.29, 1.82) is 0 Å². The van der Waals surface area contributed by atoms with E-state index in [-0.39, 0.29) is 0 Å². The molecule has 1 heterocycles. The molecule has 1 aromatic carbocycles. The fourth-order valence-corrected chi connectivity index (χ4v) is 3.17. The lowest BCUT2D eigenvalue weighted by Gasteiger charge is -2.26. The first-order valence-corrected chi connectivity index (χ1v) is 7.63. The predicted molar refractivity (Wildman–Crippen MR) is 72.8 cm³/mol. The molecule has 100 valence electrons. The number of piperazine rings is 1. The molecule has 0 spiro atoms. The summed E-state index contributed by atoms with van der Waals surface area (Å²) in [6, 6.07) is 7.51. The molecule has 2 N–H and O–H groups in total. The van der Waals surface area contributed by atoms with Crippen LogP contribution in [0.4, 0.5) is 5.69 Å². The van der Waals surface area contributed by atoms with Gasteiger partial charge in [0.05, 0.1) is 5.69 Å². The third-order valence-corrected chi connectivity index (χ3v) is 4.54. The predicted octanol–water partition coefficient (Wildman–Crippen LogP) is 0.811. The number of nitrogens with zero attached hydrogens (tertiary/aromatic N) is 1. The van der Waals surface area contributed by atoms with Gasteiger partial charge in [-0.2, -0.15) is 12.7 Å². The second kappa shape index (κ2) is 5.69. The van der Waals surface area contributed by atoms with Crippen LogP contribution in [0.1, 0.15) is 12.5 Å². The van der Waals surface area contributed by atoms with Crippen LogP contribution < -0.4 is 10.0 Å². The van der Waals surface area contributed by atoms with Crippen LogP contribution >= 0.6 is 0 Å². The van der Waals surface area contributed by atoms with E-state index in [9.17, 15) is 8.42 Å². The van der Waals surface area contributed by atoms with Crippen molar-refractivity contribution in [1.82, 2.24) is 9.62 Å². The summed E-state index contributed by atoms with van der Waals surface area (Å²) in [6.45, 7) is 4.49. The van der Waals surface area contributed by atoms with Crippen LogP contribution in [0, 0.1) is 0 Å². The van der Waals surface area contributed by atoms with E-state index < -0.39 is 10.2 Å². The summed E-state index contributed by atoms with van der Waals surface area (Å²) in [5.41, 5.74) is 1.75. The Hall–Kier alpha value is -1.11. The van der Waals surface area contributed by atoms with Crippen molar-refractivity contribution in [2.24, 2.45) is 0 Å². The number of anilines is 1. The van der Waals surface area contributed by atoms with Gasteiger partial charge in [-0.3, -0.25) is 4.72 Å². The van der Waals surface area contributed by atoms with Crippen LogP contribution in [0.5, 0.6) is 0 Å². The van der Waals surface area contributed by atoms with Gasteiger partial charge in [-0.05, 0) is 24.1 Å². The first kappa shape index (κ1) is 13.3. The molecule has 0 radical (unpaired) electrons. The molecule has 0 amide bonds. The molecule has 0 bridgehead atoms. The van der Waals surface area contributed by atoms with E-state index in [0.717, 1.165) is 12.0 Å². The molecule has 0 unspecified atom stereocenters. The molecule has 0 aromatic heterocycles. The van der Waals surface area contributed by atoms with E-state index in [1.54, 1.807) is 6.07 Å². The van der Waals surface area contributed by atoms with E-state index in [1.807, 2.05) is 25.1 Å². The summed E-state index contributed by atoms with van der Waals surface area (Å²) in [4.78, 5) is 0. The zero-order valence-corrected chi connectivity index (χ0v) is 11.3. The Kier molecular flexibility index (Phi) is 4.21. The quantitative estimate of drug-likeness (QED) is 0.850. The van der Waals surface area contributed by atoms with Gasteiger partial charge in [0.25, 0.3) is 0 Å². The maximum Gasteiger partial charge on any atom is 0.301 e. The Labute approximate surface area is 108 Å². The van der Waals surface area contributed by atoms with Gasteiger partial charge in [-0.1, -0.05) is 19.1 Å². The molecular weight excluding hydrogens is 250 g/mol. The highest BCUT2D eigenvalue weighted by Gasteiger charge is 2.23. The second-order valence-corrected chi connectivity index (χ2v) is 5.98. The lowest BCUT2D eigenvalue weighted by Crippen LogP contribution is -2.48. The SMILES string of the molecule is CCc1cccc(NS(=O)(=O)N2CCNCC2)c1. The Bertz CT molecular complexity index is 496. The summed E-state index contributed by atoms with van der Waals surface area (Å²) in [5, 5.41) is 3.14. The number of aryl methyl sites for hydroxylation is 1. The molecule has 1 aromatic rings. The minimum absolute atomic E-state index is 0.517. The first-order chi connectivity index (χ1) is 8.62. The van der Waals surface area contributed by atoms with Crippen molar-refractivity contribution < 1.29 is 8.42 Å². The highest BCUT2D eigenvalue weighted by molar-refractivity contribution is 7.90. The molecule has 1 aliphatic heterocycles. The van der Waals surface area contributed by atoms with Crippen LogP contribution in [0.15, 0.2) is 24.3 Å². The largest absolute Gasteiger partial charge is 0.314 e. The molecule has 5 nitrogen and oxygen atoms in total. The van der Waals surface area contributed by atoms with Crippen molar-refractivity contribution in [3.63, 3.8) is 0 Å². The van der Waals surface area contributed by atoms with Crippen molar-refractivity contribution in [3.8, 4) is 0 Å². The zero-order chi connectivity index (χ0) is 13.0. The molecule has 1 fully saturated rings. The topological polar surface area (TPSA) is 61.4 Å². The Balaban J connectivity index is 2.11. The van der Waals surface area contributed by atoms with Crippen molar-refractivity contribution in [2.75, 3.05) is 30.9 Å². The average molecular weight is 269 g/mol. The molecule has 2 rings (SSSR count). The van der Waals surface area contributed by atoms with Gasteiger partial charge in [0.15, 0.2) is 0 Å². The zero-order valence-electron chi connectivity index (χ0n) is 10.5. The summed E-state index contributed by atoms with van der Waals surface area (Å²) in [7, 11) is -3.42. The molecule has 1 saturated heterocycles. The smallest absolute Gasteiger partial charge is 0.301 e. The molecule has 0 aliphatic carbocycles. The minimum Gasteiger partial charge on any atom is -0.314 e. The van der Waals surface area contributed by atoms with Crippen LogP contribution in [0.3, 0.4) is 0 Å². The van der Waals surface area contributed by atoms with E-state index in [0.29, 0.717) is 31.9 Å². The monoisotopic (exact) mass is 269 g/mol. The maximum absolute atomic E-state index is 12.1. The van der Waals surface area contributed by atoms with E-state index >= 15 is 0 Å². The Morgan fingerprint density at radius 1 is 1.33 bits per heavy atom. The van der Waals surface area contributed by atoms with Crippen LogP contribution in [0.2, 0.25) is 0 Å². The molecule has 0 saturated carbocycles. The molecule has 0 atom stereocenters. The third kappa shape index (κ3) is 3.22. The van der Waals surface area contributed by atoms with Crippen molar-refractivity contribution in [2.45, 2.75) is 13.3 Å². The van der Waals surface area contributed by atoms with Gasteiger partial charge in [0.1, 0.15) is 0 Å². The van der Waals surface area contributed by atoms with Crippen LogP contribution in [0.25, 0.3) is 0 Å². The molecular formula is C12H19N3O2S. The number of benzene rings is 1. The Morgan fingerprint density at radius 2 is 2.06 bits per heavy atom. The first-order valence-electron chi connectivity index (χ1n) is 6.19. The van der Waals surface area contributed by atoms with E-state index in [1.165, 1.54) is 4.31 Å². The summed E-state index contributed by atoms with van der Waals surface area (Å²) >= 11 is 0. The summed E-state index contributed by atoms with van der Waals surface area (Å²) in [6.07, 6.45) is 0.892. The fourth-order valence-electron chi connectivity index (χ4n) is 1.95. The van der Waals surface area contributed by atoms with Gasteiger partial charge < -0.3 is 5.32 Å².